The highest BCUT2D eigenvalue weighted by molar-refractivity contribution is 9.10. The summed E-state index contributed by atoms with van der Waals surface area (Å²) in [6.45, 7) is 0. The average Bonchev–Trinajstić information content (AvgIpc) is 2.67. The quantitative estimate of drug-likeness (QED) is 0.702. The molecule has 0 saturated heterocycles. The van der Waals surface area contributed by atoms with Crippen molar-refractivity contribution in [3.8, 4) is 0 Å². The summed E-state index contributed by atoms with van der Waals surface area (Å²) in [5.74, 6) is 1.99. The molecule has 0 saturated carbocycles. The van der Waals surface area contributed by atoms with E-state index in [2.05, 4.69) is 33.4 Å². The number of thiophene rings is 1. The first kappa shape index (κ1) is 12.5. The van der Waals surface area contributed by atoms with E-state index in [0.717, 1.165) is 16.5 Å². The van der Waals surface area contributed by atoms with E-state index in [1.165, 1.54) is 14.9 Å². The van der Waals surface area contributed by atoms with Gasteiger partial charge in [-0.2, -0.15) is 11.8 Å². The molecule has 0 spiro atoms. The van der Waals surface area contributed by atoms with Crippen LogP contribution in [0.2, 0.25) is 5.02 Å². The minimum Gasteiger partial charge on any atom is -0.151 e. The summed E-state index contributed by atoms with van der Waals surface area (Å²) >= 11 is 13.3. The van der Waals surface area contributed by atoms with Crippen LogP contribution in [0, 0.1) is 0 Å². The van der Waals surface area contributed by atoms with E-state index in [0.29, 0.717) is 0 Å². The molecule has 84 valence electrons. The number of thioether (sulfide) groups is 1. The van der Waals surface area contributed by atoms with E-state index >= 15 is 0 Å². The molecule has 0 atom stereocenters. The number of rotatable bonds is 4. The monoisotopic (exact) mass is 332 g/mol. The first-order chi connectivity index (χ1) is 7.77. The fraction of sp³-hybridized carbons (Fsp3) is 0.167. The van der Waals surface area contributed by atoms with Gasteiger partial charge in [0.1, 0.15) is 0 Å². The maximum absolute atomic E-state index is 6.10. The Bertz CT molecular complexity index is 468. The summed E-state index contributed by atoms with van der Waals surface area (Å²) in [5, 5.41) is 2.97. The Labute approximate surface area is 117 Å². The van der Waals surface area contributed by atoms with Crippen molar-refractivity contribution in [3.05, 3.63) is 55.6 Å². The van der Waals surface area contributed by atoms with Gasteiger partial charge in [-0.25, -0.2) is 0 Å². The Hall–Kier alpha value is 0.0400. The van der Waals surface area contributed by atoms with E-state index < -0.39 is 0 Å². The van der Waals surface area contributed by atoms with Crippen molar-refractivity contribution in [1.29, 1.82) is 0 Å². The van der Waals surface area contributed by atoms with Crippen LogP contribution in [0.25, 0.3) is 0 Å². The molecular weight excluding hydrogens is 324 g/mol. The van der Waals surface area contributed by atoms with Crippen molar-refractivity contribution in [2.75, 3.05) is 0 Å². The summed E-state index contributed by atoms with van der Waals surface area (Å²) in [5.41, 5.74) is 1.21. The molecule has 0 radical (unpaired) electrons. The Morgan fingerprint density at radius 2 is 2.00 bits per heavy atom. The van der Waals surface area contributed by atoms with Crippen LogP contribution in [-0.2, 0) is 11.5 Å². The van der Waals surface area contributed by atoms with Gasteiger partial charge >= 0.3 is 0 Å². The second kappa shape index (κ2) is 6.10. The van der Waals surface area contributed by atoms with E-state index in [9.17, 15) is 0 Å². The lowest BCUT2D eigenvalue weighted by Gasteiger charge is -2.03. The van der Waals surface area contributed by atoms with Crippen LogP contribution in [0.5, 0.6) is 0 Å². The molecule has 0 aliphatic heterocycles. The van der Waals surface area contributed by atoms with Crippen molar-refractivity contribution in [2.24, 2.45) is 0 Å². The molecule has 4 heteroatoms. The Kier molecular flexibility index (Phi) is 4.77. The number of halogens is 2. The number of hydrogen-bond donors (Lipinski definition) is 0. The zero-order valence-corrected chi connectivity index (χ0v) is 12.4. The molecule has 16 heavy (non-hydrogen) atoms. The summed E-state index contributed by atoms with van der Waals surface area (Å²) in [6.07, 6.45) is 0. The highest BCUT2D eigenvalue weighted by Crippen LogP contribution is 2.29. The Morgan fingerprint density at radius 1 is 1.19 bits per heavy atom. The molecular formula is C12H10BrClS2. The molecule has 0 N–H and O–H groups in total. The maximum Gasteiger partial charge on any atom is 0.0446 e. The zero-order valence-electron chi connectivity index (χ0n) is 8.45. The topological polar surface area (TPSA) is 0 Å². The predicted molar refractivity (Wildman–Crippen MR) is 78.5 cm³/mol. The third-order valence-electron chi connectivity index (χ3n) is 2.14. The Morgan fingerprint density at radius 3 is 2.69 bits per heavy atom. The van der Waals surface area contributed by atoms with Gasteiger partial charge in [-0.1, -0.05) is 29.8 Å². The van der Waals surface area contributed by atoms with Crippen LogP contribution < -0.4 is 0 Å². The summed E-state index contributed by atoms with van der Waals surface area (Å²) in [4.78, 5) is 1.39. The van der Waals surface area contributed by atoms with E-state index in [1.54, 1.807) is 11.3 Å². The van der Waals surface area contributed by atoms with Gasteiger partial charge in [-0.15, -0.1) is 11.3 Å². The van der Waals surface area contributed by atoms with Crippen LogP contribution in [0.15, 0.2) is 40.2 Å². The van der Waals surface area contributed by atoms with Gasteiger partial charge in [0.2, 0.25) is 0 Å². The smallest absolute Gasteiger partial charge is 0.0446 e. The third-order valence-corrected chi connectivity index (χ3v) is 5.63. The third kappa shape index (κ3) is 3.27. The molecule has 0 aliphatic carbocycles. The number of hydrogen-bond acceptors (Lipinski definition) is 2. The van der Waals surface area contributed by atoms with Gasteiger partial charge in [-0.05, 0) is 39.0 Å². The summed E-state index contributed by atoms with van der Waals surface area (Å²) in [7, 11) is 0. The summed E-state index contributed by atoms with van der Waals surface area (Å²) in [6, 6.07) is 10.1. The van der Waals surface area contributed by atoms with Gasteiger partial charge in [0.15, 0.2) is 0 Å². The lowest BCUT2D eigenvalue weighted by molar-refractivity contribution is 1.39. The molecule has 0 amide bonds. The molecule has 0 aliphatic rings. The van der Waals surface area contributed by atoms with Crippen molar-refractivity contribution in [2.45, 2.75) is 11.5 Å². The highest BCUT2D eigenvalue weighted by atomic mass is 79.9. The fourth-order valence-electron chi connectivity index (χ4n) is 1.30. The molecule has 2 rings (SSSR count). The molecule has 1 aromatic carbocycles. The van der Waals surface area contributed by atoms with Crippen LogP contribution in [0.4, 0.5) is 0 Å². The van der Waals surface area contributed by atoms with Crippen LogP contribution in [-0.4, -0.2) is 0 Å². The largest absolute Gasteiger partial charge is 0.151 e. The van der Waals surface area contributed by atoms with Crippen LogP contribution >= 0.6 is 50.6 Å². The minimum atomic E-state index is 0.861. The molecule has 2 aromatic rings. The van der Waals surface area contributed by atoms with Gasteiger partial charge in [0, 0.05) is 25.9 Å². The van der Waals surface area contributed by atoms with E-state index in [-0.39, 0.29) is 0 Å². The lowest BCUT2D eigenvalue weighted by atomic mass is 10.2. The molecule has 0 nitrogen and oxygen atoms in total. The van der Waals surface area contributed by atoms with Crippen LogP contribution in [0.1, 0.15) is 10.4 Å². The summed E-state index contributed by atoms with van der Waals surface area (Å²) < 4.78 is 1.21. The predicted octanol–water partition coefficient (Wildman–Crippen LogP) is 5.60. The van der Waals surface area contributed by atoms with E-state index in [1.807, 2.05) is 30.0 Å². The fourth-order valence-corrected chi connectivity index (χ4v) is 4.48. The van der Waals surface area contributed by atoms with E-state index in [4.69, 9.17) is 11.6 Å². The minimum absolute atomic E-state index is 0.861. The van der Waals surface area contributed by atoms with Gasteiger partial charge in [0.25, 0.3) is 0 Å². The molecule has 0 unspecified atom stereocenters. The second-order valence-electron chi connectivity index (χ2n) is 3.28. The standard InChI is InChI=1S/C12H10BrClS2/c13-10-5-6-16-12(10)8-15-7-9-3-1-2-4-11(9)14/h1-6H,7-8H2. The van der Waals surface area contributed by atoms with Crippen LogP contribution in [0.3, 0.4) is 0 Å². The van der Waals surface area contributed by atoms with Crippen molar-refractivity contribution in [1.82, 2.24) is 0 Å². The van der Waals surface area contributed by atoms with Gasteiger partial charge in [0.05, 0.1) is 0 Å². The number of benzene rings is 1. The molecule has 0 fully saturated rings. The molecule has 1 aromatic heterocycles. The van der Waals surface area contributed by atoms with Crippen molar-refractivity contribution < 1.29 is 0 Å². The van der Waals surface area contributed by atoms with Crippen molar-refractivity contribution >= 4 is 50.6 Å². The second-order valence-corrected chi connectivity index (χ2v) is 6.52. The highest BCUT2D eigenvalue weighted by Gasteiger charge is 2.03. The SMILES string of the molecule is Clc1ccccc1CSCc1sccc1Br. The van der Waals surface area contributed by atoms with Gasteiger partial charge in [-0.3, -0.25) is 0 Å². The van der Waals surface area contributed by atoms with Gasteiger partial charge < -0.3 is 0 Å². The normalized spacial score (nSPS) is 10.6. The first-order valence-electron chi connectivity index (χ1n) is 4.80. The van der Waals surface area contributed by atoms with Crippen molar-refractivity contribution in [3.63, 3.8) is 0 Å². The zero-order chi connectivity index (χ0) is 11.4. The molecule has 0 bridgehead atoms. The first-order valence-corrected chi connectivity index (χ1v) is 8.01. The Balaban J connectivity index is 1.89. The maximum atomic E-state index is 6.10. The lowest BCUT2D eigenvalue weighted by Crippen LogP contribution is -1.83. The molecule has 1 heterocycles. The average molecular weight is 334 g/mol.